The van der Waals surface area contributed by atoms with E-state index in [-0.39, 0.29) is 5.91 Å². The van der Waals surface area contributed by atoms with Crippen molar-refractivity contribution in [2.24, 2.45) is 0 Å². The maximum atomic E-state index is 12.3. The van der Waals surface area contributed by atoms with E-state index in [1.807, 2.05) is 48.5 Å². The fraction of sp³-hybridized carbons (Fsp3) is 0. The maximum absolute atomic E-state index is 12.3. The van der Waals surface area contributed by atoms with Crippen LogP contribution in [0.2, 0.25) is 0 Å². The Morgan fingerprint density at radius 2 is 1.77 bits per heavy atom. The minimum Gasteiger partial charge on any atom is -0.321 e. The molecule has 22 heavy (non-hydrogen) atoms. The zero-order valence-electron chi connectivity index (χ0n) is 11.7. The van der Waals surface area contributed by atoms with Crippen molar-refractivity contribution in [3.8, 4) is 11.1 Å². The third-order valence-corrected chi connectivity index (χ3v) is 4.19. The van der Waals surface area contributed by atoms with Crippen LogP contribution in [0, 0.1) is 0 Å². The van der Waals surface area contributed by atoms with Gasteiger partial charge in [0, 0.05) is 21.7 Å². The molecule has 0 saturated heterocycles. The first-order chi connectivity index (χ1) is 10.7. The highest BCUT2D eigenvalue weighted by molar-refractivity contribution is 7.80. The first-order valence-electron chi connectivity index (χ1n) is 7.06. The highest BCUT2D eigenvalue weighted by Gasteiger charge is 2.24. The van der Waals surface area contributed by atoms with E-state index >= 15 is 0 Å². The van der Waals surface area contributed by atoms with Gasteiger partial charge in [0.2, 0.25) is 0 Å². The summed E-state index contributed by atoms with van der Waals surface area (Å²) in [6.45, 7) is 0. The average molecular weight is 303 g/mol. The van der Waals surface area contributed by atoms with Gasteiger partial charge in [-0.25, -0.2) is 0 Å². The third-order valence-electron chi connectivity index (χ3n) is 3.91. The topological polar surface area (TPSA) is 29.1 Å². The van der Waals surface area contributed by atoms with Crippen molar-refractivity contribution in [1.29, 1.82) is 0 Å². The van der Waals surface area contributed by atoms with Crippen LogP contribution in [0.3, 0.4) is 0 Å². The number of rotatable bonds is 1. The maximum Gasteiger partial charge on any atom is 0.256 e. The van der Waals surface area contributed by atoms with E-state index in [2.05, 4.69) is 36.1 Å². The number of carbonyl (C=O) groups is 1. The van der Waals surface area contributed by atoms with Gasteiger partial charge in [0.15, 0.2) is 0 Å². The van der Waals surface area contributed by atoms with Gasteiger partial charge >= 0.3 is 0 Å². The van der Waals surface area contributed by atoms with Gasteiger partial charge in [0.25, 0.3) is 5.91 Å². The van der Waals surface area contributed by atoms with Crippen LogP contribution in [-0.2, 0) is 4.79 Å². The molecule has 0 aromatic heterocycles. The van der Waals surface area contributed by atoms with Gasteiger partial charge in [-0.3, -0.25) is 4.79 Å². The van der Waals surface area contributed by atoms with Crippen LogP contribution in [0.1, 0.15) is 11.1 Å². The molecule has 2 aliphatic carbocycles. The zero-order chi connectivity index (χ0) is 15.1. The Morgan fingerprint density at radius 3 is 2.68 bits per heavy atom. The van der Waals surface area contributed by atoms with Crippen molar-refractivity contribution < 1.29 is 4.79 Å². The second-order valence-corrected chi connectivity index (χ2v) is 5.83. The summed E-state index contributed by atoms with van der Waals surface area (Å²) < 4.78 is 0. The highest BCUT2D eigenvalue weighted by Crippen LogP contribution is 2.36. The van der Waals surface area contributed by atoms with Gasteiger partial charge in [-0.05, 0) is 41.0 Å². The van der Waals surface area contributed by atoms with E-state index in [1.165, 1.54) is 5.56 Å². The Kier molecular flexibility index (Phi) is 3.01. The summed E-state index contributed by atoms with van der Waals surface area (Å²) in [5.74, 6) is -0.0661. The fourth-order valence-corrected chi connectivity index (χ4v) is 3.04. The molecule has 106 valence electrons. The van der Waals surface area contributed by atoms with Crippen LogP contribution in [0.5, 0.6) is 0 Å². The van der Waals surface area contributed by atoms with Crippen molar-refractivity contribution in [2.45, 2.75) is 4.90 Å². The number of anilines is 1. The number of fused-ring (bicyclic) bond motifs is 2. The van der Waals surface area contributed by atoms with Gasteiger partial charge in [-0.1, -0.05) is 42.5 Å². The summed E-state index contributed by atoms with van der Waals surface area (Å²) >= 11 is 4.37. The van der Waals surface area contributed by atoms with E-state index < -0.39 is 0 Å². The molecule has 0 unspecified atom stereocenters. The van der Waals surface area contributed by atoms with Gasteiger partial charge in [-0.2, -0.15) is 0 Å². The Bertz CT molecular complexity index is 898. The Labute approximate surface area is 134 Å². The Balaban J connectivity index is 1.87. The Morgan fingerprint density at radius 1 is 0.909 bits per heavy atom. The lowest BCUT2D eigenvalue weighted by Crippen LogP contribution is -2.03. The lowest BCUT2D eigenvalue weighted by molar-refractivity contribution is -0.110. The molecule has 1 aromatic rings. The zero-order valence-corrected chi connectivity index (χ0v) is 12.6. The van der Waals surface area contributed by atoms with E-state index in [0.29, 0.717) is 5.57 Å². The monoisotopic (exact) mass is 303 g/mol. The fourth-order valence-electron chi connectivity index (χ4n) is 2.84. The smallest absolute Gasteiger partial charge is 0.256 e. The number of nitrogens with one attached hydrogen (secondary N) is 1. The van der Waals surface area contributed by atoms with E-state index in [4.69, 9.17) is 0 Å². The predicted molar refractivity (Wildman–Crippen MR) is 93.3 cm³/mol. The molecular formula is C19H13NOS. The summed E-state index contributed by atoms with van der Waals surface area (Å²) in [5.41, 5.74) is 5.79. The number of benzene rings is 1. The molecule has 1 N–H and O–H groups in total. The molecule has 0 atom stereocenters. The van der Waals surface area contributed by atoms with Crippen molar-refractivity contribution in [3.63, 3.8) is 0 Å². The molecule has 0 spiro atoms. The number of hydrogen-bond acceptors (Lipinski definition) is 2. The van der Waals surface area contributed by atoms with Gasteiger partial charge < -0.3 is 5.32 Å². The summed E-state index contributed by atoms with van der Waals surface area (Å²) in [6, 6.07) is 20.0. The van der Waals surface area contributed by atoms with Crippen LogP contribution >= 0.6 is 12.6 Å². The normalized spacial score (nSPS) is 15.1. The van der Waals surface area contributed by atoms with Crippen molar-refractivity contribution >= 4 is 35.9 Å². The van der Waals surface area contributed by atoms with Crippen LogP contribution < -0.4 is 5.32 Å². The molecule has 2 nitrogen and oxygen atoms in total. The number of carbonyl (C=O) groups excluding carboxylic acids is 1. The van der Waals surface area contributed by atoms with E-state index in [9.17, 15) is 4.79 Å². The first-order valence-corrected chi connectivity index (χ1v) is 7.51. The molecule has 0 bridgehead atoms. The standard InChI is InChI=1S/C19H13NOS/c21-19-17(16-11-14(22)8-9-18(16)20-19)10-13-7-6-12-4-2-1-3-5-15(12)13/h1-11,22H,(H,20,21)/b17-10-. The molecule has 3 aliphatic rings. The number of amides is 1. The molecule has 4 rings (SSSR count). The molecule has 1 aliphatic heterocycles. The predicted octanol–water partition coefficient (Wildman–Crippen LogP) is 4.57. The molecule has 1 heterocycles. The molecular weight excluding hydrogens is 290 g/mol. The summed E-state index contributed by atoms with van der Waals surface area (Å²) in [5, 5.41) is 2.90. The van der Waals surface area contributed by atoms with Crippen LogP contribution in [0.15, 0.2) is 65.6 Å². The summed E-state index contributed by atoms with van der Waals surface area (Å²) in [6.07, 6.45) is 1.96. The Hall–Kier alpha value is -2.52. The molecule has 0 radical (unpaired) electrons. The lowest BCUT2D eigenvalue weighted by Gasteiger charge is -2.00. The summed E-state index contributed by atoms with van der Waals surface area (Å²) in [7, 11) is 0. The van der Waals surface area contributed by atoms with Gasteiger partial charge in [0.1, 0.15) is 0 Å². The highest BCUT2D eigenvalue weighted by atomic mass is 32.1. The minimum atomic E-state index is -0.0661. The number of hydrogen-bond donors (Lipinski definition) is 2. The van der Waals surface area contributed by atoms with Gasteiger partial charge in [0.05, 0.1) is 0 Å². The molecule has 0 saturated carbocycles. The molecule has 3 heteroatoms. The first kappa shape index (κ1) is 13.2. The second-order valence-electron chi connectivity index (χ2n) is 5.31. The van der Waals surface area contributed by atoms with Gasteiger partial charge in [-0.15, -0.1) is 12.6 Å². The van der Waals surface area contributed by atoms with Crippen molar-refractivity contribution in [3.05, 3.63) is 71.8 Å². The third kappa shape index (κ3) is 2.11. The average Bonchev–Trinajstić information content (AvgIpc) is 2.91. The van der Waals surface area contributed by atoms with Crippen LogP contribution in [-0.4, -0.2) is 5.91 Å². The number of thiol groups is 1. The summed E-state index contributed by atoms with van der Waals surface area (Å²) in [4.78, 5) is 13.1. The quantitative estimate of drug-likeness (QED) is 0.500. The SMILES string of the molecule is O=C1Nc2ccc(S)cc2/C1=C/c1ccc2cccccc1-2. The minimum absolute atomic E-state index is 0.0661. The van der Waals surface area contributed by atoms with E-state index in [0.717, 1.165) is 27.3 Å². The molecule has 1 aromatic carbocycles. The van der Waals surface area contributed by atoms with Crippen molar-refractivity contribution in [1.82, 2.24) is 0 Å². The largest absolute Gasteiger partial charge is 0.321 e. The molecule has 1 amide bonds. The van der Waals surface area contributed by atoms with E-state index in [1.54, 1.807) is 0 Å². The molecule has 0 fully saturated rings. The lowest BCUT2D eigenvalue weighted by atomic mass is 10.0. The van der Waals surface area contributed by atoms with Crippen LogP contribution in [0.25, 0.3) is 22.8 Å². The van der Waals surface area contributed by atoms with Crippen LogP contribution in [0.4, 0.5) is 5.69 Å². The van der Waals surface area contributed by atoms with Crippen molar-refractivity contribution in [2.75, 3.05) is 5.32 Å². The second kappa shape index (κ2) is 5.04.